The van der Waals surface area contributed by atoms with Gasteiger partial charge in [0.05, 0.1) is 0 Å². The van der Waals surface area contributed by atoms with Gasteiger partial charge in [-0.05, 0) is 37.5 Å². The summed E-state index contributed by atoms with van der Waals surface area (Å²) >= 11 is 0. The SMILES string of the molecule is Cc1ccc(NC2C=CC(C3C=CC=CC3)=CC2)cc1. The zero-order valence-corrected chi connectivity index (χ0v) is 11.9. The van der Waals surface area contributed by atoms with Crippen LogP contribution in [0.2, 0.25) is 0 Å². The molecule has 0 heterocycles. The van der Waals surface area contributed by atoms with Crippen LogP contribution < -0.4 is 5.32 Å². The van der Waals surface area contributed by atoms with Crippen molar-refractivity contribution in [3.8, 4) is 0 Å². The normalized spacial score (nSPS) is 24.6. The number of aryl methyl sites for hydroxylation is 1. The van der Waals surface area contributed by atoms with Gasteiger partial charge >= 0.3 is 0 Å². The van der Waals surface area contributed by atoms with E-state index < -0.39 is 0 Å². The summed E-state index contributed by atoms with van der Waals surface area (Å²) in [6.45, 7) is 2.12. The second-order valence-electron chi connectivity index (χ2n) is 5.57. The monoisotopic (exact) mass is 263 g/mol. The van der Waals surface area contributed by atoms with Gasteiger partial charge in [0.15, 0.2) is 0 Å². The molecule has 0 aliphatic heterocycles. The van der Waals surface area contributed by atoms with Crippen LogP contribution in [-0.2, 0) is 0 Å². The highest BCUT2D eigenvalue weighted by atomic mass is 14.9. The van der Waals surface area contributed by atoms with E-state index >= 15 is 0 Å². The molecular formula is C19H21N. The summed E-state index contributed by atoms with van der Waals surface area (Å²) in [5, 5.41) is 3.57. The second kappa shape index (κ2) is 5.96. The number of benzene rings is 1. The van der Waals surface area contributed by atoms with Gasteiger partial charge < -0.3 is 5.32 Å². The minimum atomic E-state index is 0.407. The molecule has 0 saturated heterocycles. The predicted octanol–water partition coefficient (Wildman–Crippen LogP) is 4.79. The maximum absolute atomic E-state index is 3.57. The van der Waals surface area contributed by atoms with Gasteiger partial charge in [-0.25, -0.2) is 0 Å². The molecule has 0 amide bonds. The Labute approximate surface area is 121 Å². The second-order valence-corrected chi connectivity index (χ2v) is 5.57. The van der Waals surface area contributed by atoms with E-state index in [0.717, 1.165) is 12.8 Å². The third-order valence-corrected chi connectivity index (χ3v) is 3.94. The number of hydrogen-bond donors (Lipinski definition) is 1. The Bertz CT molecular complexity index is 572. The molecule has 102 valence electrons. The summed E-state index contributed by atoms with van der Waals surface area (Å²) in [7, 11) is 0. The molecule has 1 aromatic rings. The topological polar surface area (TPSA) is 12.0 Å². The van der Waals surface area contributed by atoms with E-state index in [2.05, 4.69) is 79.0 Å². The van der Waals surface area contributed by atoms with Crippen LogP contribution in [0.25, 0.3) is 0 Å². The van der Waals surface area contributed by atoms with E-state index in [-0.39, 0.29) is 0 Å². The molecule has 0 fully saturated rings. The first-order valence-electron chi connectivity index (χ1n) is 7.36. The number of nitrogens with one attached hydrogen (secondary N) is 1. The van der Waals surface area contributed by atoms with Crippen molar-refractivity contribution < 1.29 is 0 Å². The first-order valence-corrected chi connectivity index (χ1v) is 7.36. The van der Waals surface area contributed by atoms with Gasteiger partial charge in [-0.1, -0.05) is 60.2 Å². The van der Waals surface area contributed by atoms with Crippen LogP contribution in [-0.4, -0.2) is 6.04 Å². The Hall–Kier alpha value is -2.02. The summed E-state index contributed by atoms with van der Waals surface area (Å²) < 4.78 is 0. The molecule has 0 aromatic heterocycles. The van der Waals surface area contributed by atoms with E-state index in [1.807, 2.05) is 0 Å². The molecule has 3 rings (SSSR count). The van der Waals surface area contributed by atoms with Crippen LogP contribution >= 0.6 is 0 Å². The first-order chi connectivity index (χ1) is 9.81. The molecule has 2 unspecified atom stereocenters. The molecule has 1 N–H and O–H groups in total. The van der Waals surface area contributed by atoms with Gasteiger partial charge in [0.2, 0.25) is 0 Å². The molecule has 0 radical (unpaired) electrons. The van der Waals surface area contributed by atoms with Gasteiger partial charge in [-0.15, -0.1) is 0 Å². The van der Waals surface area contributed by atoms with Crippen molar-refractivity contribution in [3.63, 3.8) is 0 Å². The van der Waals surface area contributed by atoms with Crippen molar-refractivity contribution in [3.05, 3.63) is 77.9 Å². The average molecular weight is 263 g/mol. The summed E-state index contributed by atoms with van der Waals surface area (Å²) in [5.74, 6) is 0.566. The van der Waals surface area contributed by atoms with Crippen LogP contribution in [0.15, 0.2) is 72.4 Å². The van der Waals surface area contributed by atoms with Crippen molar-refractivity contribution >= 4 is 5.69 Å². The average Bonchev–Trinajstić information content (AvgIpc) is 2.51. The van der Waals surface area contributed by atoms with Gasteiger partial charge in [0.1, 0.15) is 0 Å². The molecule has 1 heteroatoms. The Kier molecular flexibility index (Phi) is 3.87. The zero-order chi connectivity index (χ0) is 13.8. The molecule has 2 atom stereocenters. The van der Waals surface area contributed by atoms with Crippen molar-refractivity contribution in [2.75, 3.05) is 5.32 Å². The molecule has 2 aliphatic carbocycles. The van der Waals surface area contributed by atoms with Gasteiger partial charge in [0.25, 0.3) is 0 Å². The van der Waals surface area contributed by atoms with Gasteiger partial charge in [-0.2, -0.15) is 0 Å². The highest BCUT2D eigenvalue weighted by Gasteiger charge is 2.14. The van der Waals surface area contributed by atoms with E-state index in [1.165, 1.54) is 16.8 Å². The molecule has 2 aliphatic rings. The van der Waals surface area contributed by atoms with Crippen molar-refractivity contribution in [2.45, 2.75) is 25.8 Å². The molecule has 1 nitrogen and oxygen atoms in total. The zero-order valence-electron chi connectivity index (χ0n) is 11.9. The van der Waals surface area contributed by atoms with Crippen molar-refractivity contribution in [1.82, 2.24) is 0 Å². The third-order valence-electron chi connectivity index (χ3n) is 3.94. The quantitative estimate of drug-likeness (QED) is 0.826. The maximum atomic E-state index is 3.57. The van der Waals surface area contributed by atoms with Crippen LogP contribution in [0, 0.1) is 12.8 Å². The fourth-order valence-corrected chi connectivity index (χ4v) is 2.71. The molecule has 0 spiro atoms. The molecule has 1 aromatic carbocycles. The van der Waals surface area contributed by atoms with Crippen molar-refractivity contribution in [2.24, 2.45) is 5.92 Å². The lowest BCUT2D eigenvalue weighted by molar-refractivity contribution is 0.757. The summed E-state index contributed by atoms with van der Waals surface area (Å²) in [6.07, 6.45) is 18.0. The van der Waals surface area contributed by atoms with Crippen LogP contribution in [0.1, 0.15) is 18.4 Å². The van der Waals surface area contributed by atoms with E-state index in [0.29, 0.717) is 12.0 Å². The number of anilines is 1. The van der Waals surface area contributed by atoms with Crippen molar-refractivity contribution in [1.29, 1.82) is 0 Å². The summed E-state index contributed by atoms with van der Waals surface area (Å²) in [5.41, 5.74) is 3.95. The molecular weight excluding hydrogens is 242 g/mol. The lowest BCUT2D eigenvalue weighted by Crippen LogP contribution is -2.19. The number of rotatable bonds is 3. The Morgan fingerprint density at radius 3 is 2.50 bits per heavy atom. The maximum Gasteiger partial charge on any atom is 0.0482 e. The highest BCUT2D eigenvalue weighted by Crippen LogP contribution is 2.26. The fourth-order valence-electron chi connectivity index (χ4n) is 2.71. The Morgan fingerprint density at radius 1 is 1.00 bits per heavy atom. The lowest BCUT2D eigenvalue weighted by atomic mass is 9.88. The number of allylic oxidation sites excluding steroid dienone is 6. The van der Waals surface area contributed by atoms with Gasteiger partial charge in [-0.3, -0.25) is 0 Å². The lowest BCUT2D eigenvalue weighted by Gasteiger charge is -2.22. The van der Waals surface area contributed by atoms with Crippen LogP contribution in [0.3, 0.4) is 0 Å². The highest BCUT2D eigenvalue weighted by molar-refractivity contribution is 5.47. The van der Waals surface area contributed by atoms with Crippen LogP contribution in [0.4, 0.5) is 5.69 Å². The number of hydrogen-bond acceptors (Lipinski definition) is 1. The van der Waals surface area contributed by atoms with Crippen LogP contribution in [0.5, 0.6) is 0 Å². The molecule has 0 bridgehead atoms. The third kappa shape index (κ3) is 3.11. The molecule has 20 heavy (non-hydrogen) atoms. The Morgan fingerprint density at radius 2 is 1.85 bits per heavy atom. The van der Waals surface area contributed by atoms with E-state index in [9.17, 15) is 0 Å². The summed E-state index contributed by atoms with van der Waals surface area (Å²) in [4.78, 5) is 0. The smallest absolute Gasteiger partial charge is 0.0482 e. The largest absolute Gasteiger partial charge is 0.379 e. The predicted molar refractivity (Wildman–Crippen MR) is 86.8 cm³/mol. The van der Waals surface area contributed by atoms with E-state index in [1.54, 1.807) is 0 Å². The summed E-state index contributed by atoms with van der Waals surface area (Å²) in [6, 6.07) is 9.00. The standard InChI is InChI=1S/C19H21N/c1-15-7-11-18(12-8-15)20-19-13-9-17(10-14-19)16-5-3-2-4-6-16/h2-5,7-13,16,19-20H,6,14H2,1H3. The fraction of sp³-hybridized carbons (Fsp3) is 0.263. The Balaban J connectivity index is 1.59. The minimum absolute atomic E-state index is 0.407. The minimum Gasteiger partial charge on any atom is -0.379 e. The molecule has 0 saturated carbocycles. The van der Waals surface area contributed by atoms with Gasteiger partial charge in [0, 0.05) is 17.6 Å². The van der Waals surface area contributed by atoms with E-state index in [4.69, 9.17) is 0 Å². The first kappa shape index (κ1) is 13.0.